The molecule has 108 valence electrons. The minimum absolute atomic E-state index is 0.797. The maximum atomic E-state index is 4.59. The lowest BCUT2D eigenvalue weighted by Gasteiger charge is -2.01. The second kappa shape index (κ2) is 6.73. The van der Waals surface area contributed by atoms with Crippen molar-refractivity contribution in [1.82, 2.24) is 19.7 Å². The third-order valence-corrected chi connectivity index (χ3v) is 4.67. The van der Waals surface area contributed by atoms with Crippen LogP contribution in [-0.2, 0) is 12.3 Å². The standard InChI is InChI=1S/C14H15N5S2/c1-2-19-10-15-18-14(19)21-9-12-8-20-13(17-12)16-11-6-4-3-5-7-11/h3-8,10H,2,9H2,1H3,(H,16,17). The lowest BCUT2D eigenvalue weighted by Crippen LogP contribution is -1.95. The average molecular weight is 317 g/mol. The summed E-state index contributed by atoms with van der Waals surface area (Å²) < 4.78 is 2.03. The van der Waals surface area contributed by atoms with Crippen molar-refractivity contribution in [3.05, 3.63) is 47.7 Å². The van der Waals surface area contributed by atoms with E-state index >= 15 is 0 Å². The fourth-order valence-corrected chi connectivity index (χ4v) is 3.49. The summed E-state index contributed by atoms with van der Waals surface area (Å²) in [7, 11) is 0. The van der Waals surface area contributed by atoms with E-state index in [-0.39, 0.29) is 0 Å². The number of thiazole rings is 1. The van der Waals surface area contributed by atoms with Crippen LogP contribution in [0.2, 0.25) is 0 Å². The first-order valence-corrected chi connectivity index (χ1v) is 8.48. The second-order valence-corrected chi connectivity index (χ2v) is 6.12. The molecule has 3 rings (SSSR count). The summed E-state index contributed by atoms with van der Waals surface area (Å²) >= 11 is 3.27. The fraction of sp³-hybridized carbons (Fsp3) is 0.214. The van der Waals surface area contributed by atoms with Gasteiger partial charge >= 0.3 is 0 Å². The number of nitrogens with zero attached hydrogens (tertiary/aromatic N) is 4. The summed E-state index contributed by atoms with van der Waals surface area (Å²) in [6.07, 6.45) is 1.76. The number of anilines is 2. The topological polar surface area (TPSA) is 55.6 Å². The van der Waals surface area contributed by atoms with Gasteiger partial charge < -0.3 is 9.88 Å². The summed E-state index contributed by atoms with van der Waals surface area (Å²) in [5, 5.41) is 15.3. The molecule has 0 atom stereocenters. The van der Waals surface area contributed by atoms with Crippen LogP contribution in [0.4, 0.5) is 10.8 Å². The number of hydrogen-bond acceptors (Lipinski definition) is 6. The molecule has 0 unspecified atom stereocenters. The molecule has 0 aliphatic carbocycles. The van der Waals surface area contributed by atoms with Crippen LogP contribution in [0.15, 0.2) is 47.2 Å². The van der Waals surface area contributed by atoms with Crippen molar-refractivity contribution in [3.8, 4) is 0 Å². The van der Waals surface area contributed by atoms with Gasteiger partial charge in [-0.2, -0.15) is 0 Å². The number of nitrogens with one attached hydrogen (secondary N) is 1. The van der Waals surface area contributed by atoms with E-state index in [9.17, 15) is 0 Å². The molecule has 0 radical (unpaired) electrons. The predicted molar refractivity (Wildman–Crippen MR) is 87.1 cm³/mol. The molecule has 0 spiro atoms. The van der Waals surface area contributed by atoms with E-state index in [0.29, 0.717) is 0 Å². The average Bonchev–Trinajstić information content (AvgIpc) is 3.15. The van der Waals surface area contributed by atoms with E-state index in [1.54, 1.807) is 29.4 Å². The van der Waals surface area contributed by atoms with Gasteiger partial charge in [-0.1, -0.05) is 30.0 Å². The molecule has 0 aliphatic heterocycles. The quantitative estimate of drug-likeness (QED) is 0.701. The molecule has 1 N–H and O–H groups in total. The molecule has 0 bridgehead atoms. The number of aryl methyl sites for hydroxylation is 1. The molecule has 0 saturated heterocycles. The van der Waals surface area contributed by atoms with Crippen molar-refractivity contribution >= 4 is 33.9 Å². The van der Waals surface area contributed by atoms with E-state index < -0.39 is 0 Å². The van der Waals surface area contributed by atoms with Gasteiger partial charge in [-0.3, -0.25) is 0 Å². The van der Waals surface area contributed by atoms with E-state index in [1.165, 1.54) is 0 Å². The SMILES string of the molecule is CCn1cnnc1SCc1csc(Nc2ccccc2)n1. The molecule has 0 fully saturated rings. The number of para-hydroxylation sites is 1. The first-order valence-electron chi connectivity index (χ1n) is 6.62. The summed E-state index contributed by atoms with van der Waals surface area (Å²) in [6.45, 7) is 2.96. The molecule has 2 heterocycles. The number of rotatable bonds is 6. The van der Waals surface area contributed by atoms with E-state index in [1.807, 2.05) is 34.9 Å². The zero-order valence-corrected chi connectivity index (χ0v) is 13.2. The highest BCUT2D eigenvalue weighted by molar-refractivity contribution is 7.98. The van der Waals surface area contributed by atoms with Gasteiger partial charge in [0, 0.05) is 23.4 Å². The molecule has 1 aromatic carbocycles. The van der Waals surface area contributed by atoms with Gasteiger partial charge in [-0.15, -0.1) is 21.5 Å². The van der Waals surface area contributed by atoms with Crippen LogP contribution in [0.1, 0.15) is 12.6 Å². The van der Waals surface area contributed by atoms with Crippen LogP contribution in [0.5, 0.6) is 0 Å². The lowest BCUT2D eigenvalue weighted by atomic mass is 10.3. The molecule has 5 nitrogen and oxygen atoms in total. The van der Waals surface area contributed by atoms with Crippen molar-refractivity contribution in [2.24, 2.45) is 0 Å². The monoisotopic (exact) mass is 317 g/mol. The Kier molecular flexibility index (Phi) is 4.52. The van der Waals surface area contributed by atoms with Crippen LogP contribution in [0, 0.1) is 0 Å². The van der Waals surface area contributed by atoms with Crippen LogP contribution < -0.4 is 5.32 Å². The number of thioether (sulfide) groups is 1. The summed E-state index contributed by atoms with van der Waals surface area (Å²) in [5.74, 6) is 0.797. The van der Waals surface area contributed by atoms with Crippen molar-refractivity contribution in [1.29, 1.82) is 0 Å². The molecule has 21 heavy (non-hydrogen) atoms. The van der Waals surface area contributed by atoms with Crippen molar-refractivity contribution in [2.45, 2.75) is 24.4 Å². The third-order valence-electron chi connectivity index (χ3n) is 2.85. The van der Waals surface area contributed by atoms with Gasteiger partial charge in [0.2, 0.25) is 0 Å². The Bertz CT molecular complexity index is 692. The highest BCUT2D eigenvalue weighted by Crippen LogP contribution is 2.25. The number of benzene rings is 1. The van der Waals surface area contributed by atoms with Gasteiger partial charge in [-0.25, -0.2) is 4.98 Å². The van der Waals surface area contributed by atoms with Gasteiger partial charge in [-0.05, 0) is 19.1 Å². The zero-order valence-electron chi connectivity index (χ0n) is 11.6. The Labute approximate surface area is 131 Å². The predicted octanol–water partition coefficient (Wildman–Crippen LogP) is 3.79. The summed E-state index contributed by atoms with van der Waals surface area (Å²) in [6, 6.07) is 10.1. The minimum atomic E-state index is 0.797. The minimum Gasteiger partial charge on any atom is -0.332 e. The van der Waals surface area contributed by atoms with Crippen LogP contribution in [0.3, 0.4) is 0 Å². The normalized spacial score (nSPS) is 10.7. The molecule has 3 aromatic rings. The highest BCUT2D eigenvalue weighted by Gasteiger charge is 2.07. The molecule has 0 saturated carbocycles. The highest BCUT2D eigenvalue weighted by atomic mass is 32.2. The first-order chi connectivity index (χ1) is 10.3. The van der Waals surface area contributed by atoms with E-state index in [0.717, 1.165) is 34.0 Å². The Hall–Kier alpha value is -1.86. The maximum Gasteiger partial charge on any atom is 0.191 e. The Morgan fingerprint density at radius 3 is 2.95 bits per heavy atom. The van der Waals surface area contributed by atoms with E-state index in [2.05, 4.69) is 32.8 Å². The van der Waals surface area contributed by atoms with Crippen LogP contribution >= 0.6 is 23.1 Å². The fourth-order valence-electron chi connectivity index (χ4n) is 1.79. The smallest absolute Gasteiger partial charge is 0.191 e. The molecule has 7 heteroatoms. The lowest BCUT2D eigenvalue weighted by molar-refractivity contribution is 0.681. The summed E-state index contributed by atoms with van der Waals surface area (Å²) in [5.41, 5.74) is 2.10. The second-order valence-electron chi connectivity index (χ2n) is 4.32. The molecule has 2 aromatic heterocycles. The zero-order chi connectivity index (χ0) is 14.5. The Morgan fingerprint density at radius 1 is 1.29 bits per heavy atom. The van der Waals surface area contributed by atoms with E-state index in [4.69, 9.17) is 0 Å². The Morgan fingerprint density at radius 2 is 2.14 bits per heavy atom. The third kappa shape index (κ3) is 3.62. The van der Waals surface area contributed by atoms with Crippen molar-refractivity contribution < 1.29 is 0 Å². The van der Waals surface area contributed by atoms with Gasteiger partial charge in [0.1, 0.15) is 6.33 Å². The van der Waals surface area contributed by atoms with Gasteiger partial charge in [0.15, 0.2) is 10.3 Å². The van der Waals surface area contributed by atoms with Crippen molar-refractivity contribution in [2.75, 3.05) is 5.32 Å². The Balaban J connectivity index is 1.60. The van der Waals surface area contributed by atoms with Crippen LogP contribution in [-0.4, -0.2) is 19.7 Å². The summed E-state index contributed by atoms with van der Waals surface area (Å²) in [4.78, 5) is 4.59. The van der Waals surface area contributed by atoms with Crippen LogP contribution in [0.25, 0.3) is 0 Å². The number of hydrogen-bond donors (Lipinski definition) is 1. The number of aromatic nitrogens is 4. The van der Waals surface area contributed by atoms with Gasteiger partial charge in [0.25, 0.3) is 0 Å². The molecular formula is C14H15N5S2. The molecule has 0 amide bonds. The van der Waals surface area contributed by atoms with Gasteiger partial charge in [0.05, 0.1) is 5.69 Å². The van der Waals surface area contributed by atoms with Crippen molar-refractivity contribution in [3.63, 3.8) is 0 Å². The molecule has 0 aliphatic rings. The first kappa shape index (κ1) is 14.1. The molecular weight excluding hydrogens is 302 g/mol. The largest absolute Gasteiger partial charge is 0.332 e. The maximum absolute atomic E-state index is 4.59.